The molecule has 0 aliphatic carbocycles. The van der Waals surface area contributed by atoms with Crippen molar-refractivity contribution in [3.63, 3.8) is 0 Å². The van der Waals surface area contributed by atoms with Crippen LogP contribution in [0.4, 0.5) is 0 Å². The predicted molar refractivity (Wildman–Crippen MR) is 70.3 cm³/mol. The second kappa shape index (κ2) is 5.35. The zero-order chi connectivity index (χ0) is 13.1. The molecule has 0 saturated carbocycles. The molecule has 1 aromatic rings. The fraction of sp³-hybridized carbons (Fsp3) is 0.533. The number of carbonyl (C=O) groups is 1. The summed E-state index contributed by atoms with van der Waals surface area (Å²) in [5.74, 6) is -0.204. The Labute approximate surface area is 104 Å². The molecule has 2 heteroatoms. The highest BCUT2D eigenvalue weighted by molar-refractivity contribution is 5.92. The first-order valence-corrected chi connectivity index (χ1v) is 6.04. The lowest BCUT2D eigenvalue weighted by molar-refractivity contribution is 0.0463. The van der Waals surface area contributed by atoms with Crippen LogP contribution < -0.4 is 0 Å². The Morgan fingerprint density at radius 1 is 1.18 bits per heavy atom. The van der Waals surface area contributed by atoms with E-state index in [9.17, 15) is 4.79 Å². The average Bonchev–Trinajstić information content (AvgIpc) is 2.15. The van der Waals surface area contributed by atoms with Crippen molar-refractivity contribution < 1.29 is 9.53 Å². The van der Waals surface area contributed by atoms with Gasteiger partial charge in [0.05, 0.1) is 12.2 Å². The van der Waals surface area contributed by atoms with E-state index in [-0.39, 0.29) is 11.4 Å². The Morgan fingerprint density at radius 2 is 1.71 bits per heavy atom. The molecule has 94 valence electrons. The fourth-order valence-electron chi connectivity index (χ4n) is 1.66. The van der Waals surface area contributed by atoms with Crippen LogP contribution in [0.3, 0.4) is 0 Å². The van der Waals surface area contributed by atoms with E-state index in [1.807, 2.05) is 32.0 Å². The maximum atomic E-state index is 11.9. The smallest absolute Gasteiger partial charge is 0.338 e. The van der Waals surface area contributed by atoms with Crippen LogP contribution in [0.25, 0.3) is 0 Å². The summed E-state index contributed by atoms with van der Waals surface area (Å²) < 4.78 is 5.33. The van der Waals surface area contributed by atoms with Gasteiger partial charge in [0, 0.05) is 0 Å². The SMILES string of the molecule is Cc1cccc(C)c1C(=O)OCCC(C)(C)C. The molecule has 0 aliphatic rings. The summed E-state index contributed by atoms with van der Waals surface area (Å²) in [6, 6.07) is 5.83. The van der Waals surface area contributed by atoms with Crippen molar-refractivity contribution in [2.75, 3.05) is 6.61 Å². The van der Waals surface area contributed by atoms with E-state index in [1.165, 1.54) is 0 Å². The van der Waals surface area contributed by atoms with Crippen molar-refractivity contribution in [3.8, 4) is 0 Å². The van der Waals surface area contributed by atoms with Crippen LogP contribution >= 0.6 is 0 Å². The van der Waals surface area contributed by atoms with Gasteiger partial charge in [0.2, 0.25) is 0 Å². The van der Waals surface area contributed by atoms with Crippen molar-refractivity contribution in [2.45, 2.75) is 41.0 Å². The number of carbonyl (C=O) groups excluding carboxylic acids is 1. The summed E-state index contributed by atoms with van der Waals surface area (Å²) in [5.41, 5.74) is 2.86. The topological polar surface area (TPSA) is 26.3 Å². The molecule has 1 aromatic carbocycles. The van der Waals surface area contributed by atoms with Crippen molar-refractivity contribution in [2.24, 2.45) is 5.41 Å². The number of hydrogen-bond acceptors (Lipinski definition) is 2. The highest BCUT2D eigenvalue weighted by Gasteiger charge is 2.15. The number of hydrogen-bond donors (Lipinski definition) is 0. The maximum Gasteiger partial charge on any atom is 0.338 e. The summed E-state index contributed by atoms with van der Waals surface area (Å²) in [5, 5.41) is 0. The molecule has 0 atom stereocenters. The zero-order valence-corrected chi connectivity index (χ0v) is 11.5. The lowest BCUT2D eigenvalue weighted by Gasteiger charge is -2.18. The molecule has 2 nitrogen and oxygen atoms in total. The largest absolute Gasteiger partial charge is 0.462 e. The number of benzene rings is 1. The second-order valence-corrected chi connectivity index (χ2v) is 5.71. The average molecular weight is 234 g/mol. The van der Waals surface area contributed by atoms with E-state index in [1.54, 1.807) is 0 Å². The zero-order valence-electron chi connectivity index (χ0n) is 11.5. The lowest BCUT2D eigenvalue weighted by Crippen LogP contribution is -2.14. The molecular weight excluding hydrogens is 212 g/mol. The molecule has 0 aliphatic heterocycles. The summed E-state index contributed by atoms with van der Waals surface area (Å²) in [6.45, 7) is 10.8. The molecule has 0 heterocycles. The molecular formula is C15H22O2. The van der Waals surface area contributed by atoms with Gasteiger partial charge in [-0.15, -0.1) is 0 Å². The maximum absolute atomic E-state index is 11.9. The summed E-state index contributed by atoms with van der Waals surface area (Å²) in [6.07, 6.45) is 0.879. The molecule has 0 fully saturated rings. The highest BCUT2D eigenvalue weighted by atomic mass is 16.5. The molecule has 0 aromatic heterocycles. The second-order valence-electron chi connectivity index (χ2n) is 5.71. The lowest BCUT2D eigenvalue weighted by atomic mass is 9.93. The van der Waals surface area contributed by atoms with Gasteiger partial charge in [0.15, 0.2) is 0 Å². The van der Waals surface area contributed by atoms with E-state index < -0.39 is 0 Å². The Hall–Kier alpha value is -1.31. The quantitative estimate of drug-likeness (QED) is 0.741. The molecule has 0 N–H and O–H groups in total. The predicted octanol–water partition coefficient (Wildman–Crippen LogP) is 3.90. The molecule has 17 heavy (non-hydrogen) atoms. The van der Waals surface area contributed by atoms with Gasteiger partial charge in [-0.3, -0.25) is 0 Å². The van der Waals surface area contributed by atoms with Gasteiger partial charge < -0.3 is 4.74 Å². The standard InChI is InChI=1S/C15H22O2/c1-11-7-6-8-12(2)13(11)14(16)17-10-9-15(3,4)5/h6-8H,9-10H2,1-5H3. The van der Waals surface area contributed by atoms with E-state index in [0.29, 0.717) is 12.2 Å². The molecule has 0 unspecified atom stereocenters. The Bertz CT molecular complexity index is 380. The van der Waals surface area contributed by atoms with Crippen LogP contribution in [0.15, 0.2) is 18.2 Å². The van der Waals surface area contributed by atoms with Gasteiger partial charge in [0.25, 0.3) is 0 Å². The fourth-order valence-corrected chi connectivity index (χ4v) is 1.66. The minimum atomic E-state index is -0.204. The molecule has 0 bridgehead atoms. The number of rotatable bonds is 3. The van der Waals surface area contributed by atoms with E-state index in [0.717, 1.165) is 17.5 Å². The first kappa shape index (κ1) is 13.8. The minimum Gasteiger partial charge on any atom is -0.462 e. The molecule has 0 spiro atoms. The van der Waals surface area contributed by atoms with Crippen molar-refractivity contribution in [1.82, 2.24) is 0 Å². The molecule has 0 radical (unpaired) electrons. The van der Waals surface area contributed by atoms with Crippen molar-refractivity contribution >= 4 is 5.97 Å². The monoisotopic (exact) mass is 234 g/mol. The van der Waals surface area contributed by atoms with Gasteiger partial charge in [-0.2, -0.15) is 0 Å². The number of ether oxygens (including phenoxy) is 1. The molecule has 0 amide bonds. The first-order chi connectivity index (χ1) is 7.81. The van der Waals surface area contributed by atoms with Crippen LogP contribution in [0, 0.1) is 19.3 Å². The summed E-state index contributed by atoms with van der Waals surface area (Å²) >= 11 is 0. The summed E-state index contributed by atoms with van der Waals surface area (Å²) in [4.78, 5) is 11.9. The highest BCUT2D eigenvalue weighted by Crippen LogP contribution is 2.19. The van der Waals surface area contributed by atoms with E-state index in [2.05, 4.69) is 20.8 Å². The van der Waals surface area contributed by atoms with E-state index >= 15 is 0 Å². The van der Waals surface area contributed by atoms with Gasteiger partial charge in [0.1, 0.15) is 0 Å². The Morgan fingerprint density at radius 3 is 2.18 bits per heavy atom. The van der Waals surface area contributed by atoms with Crippen LogP contribution in [-0.4, -0.2) is 12.6 Å². The number of esters is 1. The third-order valence-corrected chi connectivity index (χ3v) is 2.77. The van der Waals surface area contributed by atoms with Crippen LogP contribution in [0.1, 0.15) is 48.7 Å². The van der Waals surface area contributed by atoms with Crippen LogP contribution in [0.2, 0.25) is 0 Å². The normalized spacial score (nSPS) is 11.4. The van der Waals surface area contributed by atoms with Gasteiger partial charge in [-0.25, -0.2) is 4.79 Å². The number of aryl methyl sites for hydroxylation is 2. The van der Waals surface area contributed by atoms with Gasteiger partial charge in [-0.05, 0) is 36.8 Å². The van der Waals surface area contributed by atoms with E-state index in [4.69, 9.17) is 4.74 Å². The third kappa shape index (κ3) is 4.22. The molecule has 0 saturated heterocycles. The Balaban J connectivity index is 2.65. The first-order valence-electron chi connectivity index (χ1n) is 6.04. The third-order valence-electron chi connectivity index (χ3n) is 2.77. The van der Waals surface area contributed by atoms with Gasteiger partial charge in [-0.1, -0.05) is 39.0 Å². The summed E-state index contributed by atoms with van der Waals surface area (Å²) in [7, 11) is 0. The van der Waals surface area contributed by atoms with Crippen molar-refractivity contribution in [3.05, 3.63) is 34.9 Å². The van der Waals surface area contributed by atoms with Crippen molar-refractivity contribution in [1.29, 1.82) is 0 Å². The Kier molecular flexibility index (Phi) is 4.33. The van der Waals surface area contributed by atoms with Crippen LogP contribution in [0.5, 0.6) is 0 Å². The minimum absolute atomic E-state index is 0.195. The molecule has 1 rings (SSSR count). The van der Waals surface area contributed by atoms with Crippen LogP contribution in [-0.2, 0) is 4.74 Å². The van der Waals surface area contributed by atoms with Gasteiger partial charge >= 0.3 is 5.97 Å².